The van der Waals surface area contributed by atoms with Crippen LogP contribution >= 0.6 is 15.9 Å². The molecule has 0 radical (unpaired) electrons. The maximum atomic E-state index is 4.43. The first-order chi connectivity index (χ1) is 8.25. The summed E-state index contributed by atoms with van der Waals surface area (Å²) in [6.07, 6.45) is 4.43. The monoisotopic (exact) mass is 292 g/mol. The molecule has 1 saturated carbocycles. The lowest BCUT2D eigenvalue weighted by atomic mass is 10.2. The van der Waals surface area contributed by atoms with E-state index in [1.807, 2.05) is 18.2 Å². The number of pyridine rings is 1. The highest BCUT2D eigenvalue weighted by Gasteiger charge is 2.30. The van der Waals surface area contributed by atoms with E-state index >= 15 is 0 Å². The van der Waals surface area contributed by atoms with Gasteiger partial charge in [-0.2, -0.15) is 0 Å². The van der Waals surface area contributed by atoms with E-state index in [4.69, 9.17) is 0 Å². The Balaban J connectivity index is 2.00. The molecule has 1 aliphatic carbocycles. The van der Waals surface area contributed by atoms with Crippen LogP contribution in [0.15, 0.2) is 29.1 Å². The molecule has 1 fully saturated rings. The molecule has 4 nitrogen and oxygen atoms in total. The van der Waals surface area contributed by atoms with Gasteiger partial charge < -0.3 is 4.57 Å². The molecule has 0 aliphatic heterocycles. The zero-order valence-electron chi connectivity index (χ0n) is 9.55. The fourth-order valence-electron chi connectivity index (χ4n) is 2.06. The molecule has 2 heterocycles. The summed E-state index contributed by atoms with van der Waals surface area (Å²) < 4.78 is 2.95. The average Bonchev–Trinajstić information content (AvgIpc) is 3.05. The van der Waals surface area contributed by atoms with Crippen LogP contribution in [-0.4, -0.2) is 19.7 Å². The van der Waals surface area contributed by atoms with Crippen molar-refractivity contribution >= 4 is 15.9 Å². The molecule has 1 aliphatic rings. The van der Waals surface area contributed by atoms with Crippen molar-refractivity contribution in [3.63, 3.8) is 0 Å². The maximum Gasteiger partial charge on any atom is 0.182 e. The molecule has 0 amide bonds. The van der Waals surface area contributed by atoms with Gasteiger partial charge in [0.15, 0.2) is 5.82 Å². The lowest BCUT2D eigenvalue weighted by molar-refractivity contribution is 0.488. The summed E-state index contributed by atoms with van der Waals surface area (Å²) in [5.41, 5.74) is 0.865. The minimum absolute atomic E-state index is 0.459. The largest absolute Gasteiger partial charge is 0.309 e. The van der Waals surface area contributed by atoms with Crippen LogP contribution in [0.2, 0.25) is 0 Å². The first-order valence-electron chi connectivity index (χ1n) is 5.78. The second-order valence-corrected chi connectivity index (χ2v) is 5.30. The van der Waals surface area contributed by atoms with E-state index in [0.717, 1.165) is 22.0 Å². The van der Waals surface area contributed by atoms with Gasteiger partial charge in [-0.25, -0.2) is 4.98 Å². The molecule has 2 aromatic heterocycles. The summed E-state index contributed by atoms with van der Waals surface area (Å²) in [5, 5.41) is 8.21. The second-order valence-electron chi connectivity index (χ2n) is 4.49. The summed E-state index contributed by atoms with van der Waals surface area (Å²) in [5.74, 6) is 1.63. The normalized spacial score (nSPS) is 17.1. The molecule has 1 atom stereocenters. The minimum Gasteiger partial charge on any atom is -0.309 e. The van der Waals surface area contributed by atoms with Crippen molar-refractivity contribution in [2.75, 3.05) is 0 Å². The molecule has 1 unspecified atom stereocenters. The van der Waals surface area contributed by atoms with Crippen molar-refractivity contribution in [2.24, 2.45) is 5.92 Å². The first kappa shape index (κ1) is 10.9. The van der Waals surface area contributed by atoms with Gasteiger partial charge in [-0.3, -0.25) is 0 Å². The molecule has 0 aromatic carbocycles. The third-order valence-corrected chi connectivity index (χ3v) is 3.70. The van der Waals surface area contributed by atoms with E-state index < -0.39 is 0 Å². The molecular formula is C12H13BrN4. The topological polar surface area (TPSA) is 43.6 Å². The summed E-state index contributed by atoms with van der Waals surface area (Å²) in [4.78, 5) is 4.43. The van der Waals surface area contributed by atoms with Crippen molar-refractivity contribution in [3.05, 3.63) is 29.1 Å². The van der Waals surface area contributed by atoms with Crippen LogP contribution in [0.1, 0.15) is 25.8 Å². The van der Waals surface area contributed by atoms with Gasteiger partial charge in [-0.1, -0.05) is 6.07 Å². The molecule has 0 N–H and O–H groups in total. The quantitative estimate of drug-likeness (QED) is 0.817. The zero-order valence-corrected chi connectivity index (χ0v) is 11.1. The Kier molecular flexibility index (Phi) is 2.70. The van der Waals surface area contributed by atoms with Gasteiger partial charge in [-0.15, -0.1) is 10.2 Å². The Bertz CT molecular complexity index is 533. The standard InChI is InChI=1S/C12H13BrN4/c1-8(9-5-6-9)17-7-14-16-12(17)10-3-2-4-11(13)15-10/h2-4,7-9H,5-6H2,1H3. The van der Waals surface area contributed by atoms with Crippen LogP contribution in [0.4, 0.5) is 0 Å². The predicted molar refractivity (Wildman–Crippen MR) is 68.4 cm³/mol. The molecule has 3 rings (SSSR count). The molecule has 88 valence electrons. The SMILES string of the molecule is CC(C1CC1)n1cnnc1-c1cccc(Br)n1. The van der Waals surface area contributed by atoms with Crippen molar-refractivity contribution in [1.82, 2.24) is 19.7 Å². The lowest BCUT2D eigenvalue weighted by Gasteiger charge is -2.13. The Morgan fingerprint density at radius 2 is 2.24 bits per heavy atom. The number of hydrogen-bond acceptors (Lipinski definition) is 3. The summed E-state index contributed by atoms with van der Waals surface area (Å²) in [7, 11) is 0. The van der Waals surface area contributed by atoms with Gasteiger partial charge in [0.2, 0.25) is 0 Å². The highest BCUT2D eigenvalue weighted by atomic mass is 79.9. The summed E-state index contributed by atoms with van der Waals surface area (Å²) in [6.45, 7) is 2.22. The lowest BCUT2D eigenvalue weighted by Crippen LogP contribution is -2.08. The minimum atomic E-state index is 0.459. The maximum absolute atomic E-state index is 4.43. The molecule has 0 bridgehead atoms. The summed E-state index contributed by atoms with van der Waals surface area (Å²) in [6, 6.07) is 6.30. The number of rotatable bonds is 3. The van der Waals surface area contributed by atoms with Crippen LogP contribution in [-0.2, 0) is 0 Å². The van der Waals surface area contributed by atoms with Gasteiger partial charge in [0, 0.05) is 6.04 Å². The van der Waals surface area contributed by atoms with Crippen LogP contribution in [0.25, 0.3) is 11.5 Å². The molecule has 17 heavy (non-hydrogen) atoms. The van der Waals surface area contributed by atoms with E-state index in [1.54, 1.807) is 6.33 Å². The van der Waals surface area contributed by atoms with Crippen molar-refractivity contribution in [3.8, 4) is 11.5 Å². The van der Waals surface area contributed by atoms with Crippen LogP contribution < -0.4 is 0 Å². The molecule has 2 aromatic rings. The smallest absolute Gasteiger partial charge is 0.182 e. The van der Waals surface area contributed by atoms with Crippen LogP contribution in [0, 0.1) is 5.92 Å². The number of halogens is 1. The highest BCUT2D eigenvalue weighted by Crippen LogP contribution is 2.40. The molecule has 5 heteroatoms. The number of aromatic nitrogens is 4. The third kappa shape index (κ3) is 2.11. The Hall–Kier alpha value is -1.23. The van der Waals surface area contributed by atoms with E-state index in [2.05, 4.69) is 42.6 Å². The summed E-state index contributed by atoms with van der Waals surface area (Å²) >= 11 is 3.38. The predicted octanol–water partition coefficient (Wildman–Crippen LogP) is 3.07. The van der Waals surface area contributed by atoms with Gasteiger partial charge in [0.1, 0.15) is 16.6 Å². The van der Waals surface area contributed by atoms with Crippen LogP contribution in [0.3, 0.4) is 0 Å². The second kappa shape index (κ2) is 4.22. The Labute approximate surface area is 108 Å². The number of hydrogen-bond donors (Lipinski definition) is 0. The molecule has 0 saturated heterocycles. The first-order valence-corrected chi connectivity index (χ1v) is 6.57. The van der Waals surface area contributed by atoms with Gasteiger partial charge in [0.05, 0.1) is 0 Å². The fourth-order valence-corrected chi connectivity index (χ4v) is 2.41. The van der Waals surface area contributed by atoms with E-state index in [-0.39, 0.29) is 0 Å². The third-order valence-electron chi connectivity index (χ3n) is 3.26. The van der Waals surface area contributed by atoms with Gasteiger partial charge >= 0.3 is 0 Å². The van der Waals surface area contributed by atoms with Gasteiger partial charge in [-0.05, 0) is 53.7 Å². The van der Waals surface area contributed by atoms with Crippen LogP contribution in [0.5, 0.6) is 0 Å². The fraction of sp³-hybridized carbons (Fsp3) is 0.417. The Morgan fingerprint density at radius 3 is 2.94 bits per heavy atom. The number of nitrogens with zero attached hydrogens (tertiary/aromatic N) is 4. The highest BCUT2D eigenvalue weighted by molar-refractivity contribution is 9.10. The molecule has 0 spiro atoms. The van der Waals surface area contributed by atoms with Gasteiger partial charge in [0.25, 0.3) is 0 Å². The Morgan fingerprint density at radius 1 is 1.41 bits per heavy atom. The van der Waals surface area contributed by atoms with Crippen molar-refractivity contribution in [2.45, 2.75) is 25.8 Å². The van der Waals surface area contributed by atoms with Crippen molar-refractivity contribution in [1.29, 1.82) is 0 Å². The zero-order chi connectivity index (χ0) is 11.8. The van der Waals surface area contributed by atoms with E-state index in [0.29, 0.717) is 6.04 Å². The average molecular weight is 293 g/mol. The van der Waals surface area contributed by atoms with Crippen molar-refractivity contribution < 1.29 is 0 Å². The van der Waals surface area contributed by atoms with E-state index in [1.165, 1.54) is 12.8 Å². The van der Waals surface area contributed by atoms with E-state index in [9.17, 15) is 0 Å². The molecular weight excluding hydrogens is 280 g/mol.